The number of hydrogen-bond acceptors (Lipinski definition) is 4. The number of anilines is 2. The van der Waals surface area contributed by atoms with Crippen molar-refractivity contribution in [2.24, 2.45) is 14.1 Å². The van der Waals surface area contributed by atoms with Crippen molar-refractivity contribution in [3.05, 3.63) is 60.2 Å². The summed E-state index contributed by atoms with van der Waals surface area (Å²) in [6, 6.07) is 10.8. The van der Waals surface area contributed by atoms with Crippen molar-refractivity contribution in [1.82, 2.24) is 14.5 Å². The Bertz CT molecular complexity index is 1020. The van der Waals surface area contributed by atoms with E-state index in [9.17, 15) is 9.59 Å². The summed E-state index contributed by atoms with van der Waals surface area (Å²) in [6.45, 7) is 0.468. The van der Waals surface area contributed by atoms with Crippen LogP contribution in [0.5, 0.6) is 0 Å². The van der Waals surface area contributed by atoms with Gasteiger partial charge in [0.15, 0.2) is 0 Å². The molecule has 0 aliphatic carbocycles. The molecule has 29 heavy (non-hydrogen) atoms. The molecule has 3 rings (SSSR count). The molecule has 8 nitrogen and oxygen atoms in total. The number of nitrogens with zero attached hydrogens (tertiary/aromatic N) is 2. The molecule has 1 aromatic carbocycles. The summed E-state index contributed by atoms with van der Waals surface area (Å²) in [7, 11) is 3.58. The van der Waals surface area contributed by atoms with Gasteiger partial charge < -0.3 is 30.6 Å². The van der Waals surface area contributed by atoms with E-state index in [1.54, 1.807) is 28.4 Å². The van der Waals surface area contributed by atoms with E-state index in [1.165, 1.54) is 0 Å². The monoisotopic (exact) mass is 395 g/mol. The highest BCUT2D eigenvalue weighted by Crippen LogP contribution is 2.24. The van der Waals surface area contributed by atoms with Crippen molar-refractivity contribution in [1.29, 1.82) is 0 Å². The van der Waals surface area contributed by atoms with Crippen LogP contribution in [0, 0.1) is 0 Å². The maximum atomic E-state index is 12.4. The van der Waals surface area contributed by atoms with Crippen LogP contribution in [0.2, 0.25) is 0 Å². The summed E-state index contributed by atoms with van der Waals surface area (Å²) in [4.78, 5) is 24.6. The lowest BCUT2D eigenvalue weighted by atomic mass is 10.1. The lowest BCUT2D eigenvalue weighted by Crippen LogP contribution is -2.26. The van der Waals surface area contributed by atoms with Gasteiger partial charge in [-0.3, -0.25) is 9.59 Å². The predicted molar refractivity (Wildman–Crippen MR) is 113 cm³/mol. The van der Waals surface area contributed by atoms with Crippen LogP contribution >= 0.6 is 0 Å². The highest BCUT2D eigenvalue weighted by atomic mass is 16.3. The molecule has 2 aromatic heterocycles. The van der Waals surface area contributed by atoms with Crippen LogP contribution in [0.4, 0.5) is 11.4 Å². The molecule has 152 valence electrons. The van der Waals surface area contributed by atoms with Crippen LogP contribution in [0.1, 0.15) is 27.4 Å². The SMILES string of the molecule is Cn1cc(-c2ccc(NC(=O)c3cc(N)cn3C)cc2)cc1C(=O)NCCCO. The van der Waals surface area contributed by atoms with Gasteiger partial charge in [0.2, 0.25) is 0 Å². The first-order valence-electron chi connectivity index (χ1n) is 9.28. The number of carbonyl (C=O) groups excluding carboxylic acids is 2. The first-order valence-corrected chi connectivity index (χ1v) is 9.28. The molecule has 5 N–H and O–H groups in total. The maximum Gasteiger partial charge on any atom is 0.272 e. The highest BCUT2D eigenvalue weighted by Gasteiger charge is 2.14. The Hall–Kier alpha value is -3.52. The van der Waals surface area contributed by atoms with Crippen LogP contribution in [-0.4, -0.2) is 39.2 Å². The Balaban J connectivity index is 1.70. The number of nitrogen functional groups attached to an aromatic ring is 1. The van der Waals surface area contributed by atoms with Gasteiger partial charge in [-0.25, -0.2) is 0 Å². The zero-order chi connectivity index (χ0) is 21.0. The van der Waals surface area contributed by atoms with Crippen LogP contribution < -0.4 is 16.4 Å². The summed E-state index contributed by atoms with van der Waals surface area (Å²) in [5.74, 6) is -0.420. The molecule has 0 bridgehead atoms. The standard InChI is InChI=1S/C21H25N5O3/c1-25-12-15(10-18(25)20(28)23-8-3-9-27)14-4-6-17(7-5-14)24-21(29)19-11-16(22)13-26(19)2/h4-7,10-13,27H,3,8-9,22H2,1-2H3,(H,23,28)(H,24,29). The number of aliphatic hydroxyl groups excluding tert-OH is 1. The van der Waals surface area contributed by atoms with Gasteiger partial charge in [0.25, 0.3) is 11.8 Å². The van der Waals surface area contributed by atoms with E-state index in [1.807, 2.05) is 43.6 Å². The molecule has 0 radical (unpaired) electrons. The molecular formula is C21H25N5O3. The average molecular weight is 395 g/mol. The molecule has 0 unspecified atom stereocenters. The minimum Gasteiger partial charge on any atom is -0.397 e. The highest BCUT2D eigenvalue weighted by molar-refractivity contribution is 6.04. The molecule has 0 aliphatic rings. The van der Waals surface area contributed by atoms with E-state index in [-0.39, 0.29) is 18.4 Å². The van der Waals surface area contributed by atoms with Gasteiger partial charge in [0.1, 0.15) is 11.4 Å². The summed E-state index contributed by atoms with van der Waals surface area (Å²) >= 11 is 0. The average Bonchev–Trinajstić information content (AvgIpc) is 3.24. The third kappa shape index (κ3) is 4.67. The van der Waals surface area contributed by atoms with Crippen molar-refractivity contribution >= 4 is 23.2 Å². The maximum absolute atomic E-state index is 12.4. The normalized spacial score (nSPS) is 10.7. The molecule has 0 saturated carbocycles. The molecule has 3 aromatic rings. The topological polar surface area (TPSA) is 114 Å². The molecular weight excluding hydrogens is 370 g/mol. The number of carbonyl (C=O) groups is 2. The number of aliphatic hydroxyl groups is 1. The van der Waals surface area contributed by atoms with Crippen LogP contribution in [0.25, 0.3) is 11.1 Å². The molecule has 0 atom stereocenters. The van der Waals surface area contributed by atoms with E-state index < -0.39 is 0 Å². The molecule has 2 heterocycles. The van der Waals surface area contributed by atoms with Crippen molar-refractivity contribution in [2.45, 2.75) is 6.42 Å². The van der Waals surface area contributed by atoms with Gasteiger partial charge in [0, 0.05) is 50.9 Å². The Labute approximate surface area is 168 Å². The van der Waals surface area contributed by atoms with Gasteiger partial charge >= 0.3 is 0 Å². The predicted octanol–water partition coefficient (Wildman–Crippen LogP) is 1.98. The number of hydrogen-bond donors (Lipinski definition) is 4. The van der Waals surface area contributed by atoms with Crippen molar-refractivity contribution in [3.8, 4) is 11.1 Å². The van der Waals surface area contributed by atoms with Crippen LogP contribution in [0.3, 0.4) is 0 Å². The van der Waals surface area contributed by atoms with E-state index in [0.29, 0.717) is 35.7 Å². The minimum atomic E-state index is -0.238. The summed E-state index contributed by atoms with van der Waals surface area (Å²) in [5.41, 5.74) is 9.76. The molecule has 0 spiro atoms. The number of amides is 2. The molecule has 8 heteroatoms. The lowest BCUT2D eigenvalue weighted by molar-refractivity contribution is 0.0942. The molecule has 0 fully saturated rings. The Morgan fingerprint density at radius 3 is 2.24 bits per heavy atom. The van der Waals surface area contributed by atoms with Gasteiger partial charge in [-0.05, 0) is 36.2 Å². The smallest absolute Gasteiger partial charge is 0.272 e. The summed E-state index contributed by atoms with van der Waals surface area (Å²) in [6.07, 6.45) is 4.08. The first-order chi connectivity index (χ1) is 13.9. The lowest BCUT2D eigenvalue weighted by Gasteiger charge is -2.07. The number of aryl methyl sites for hydroxylation is 2. The zero-order valence-electron chi connectivity index (χ0n) is 16.5. The van der Waals surface area contributed by atoms with Gasteiger partial charge in [-0.2, -0.15) is 0 Å². The van der Waals surface area contributed by atoms with E-state index in [2.05, 4.69) is 10.6 Å². The van der Waals surface area contributed by atoms with E-state index >= 15 is 0 Å². The molecule has 0 aliphatic heterocycles. The second kappa shape index (κ2) is 8.66. The first kappa shape index (κ1) is 20.2. The third-order valence-electron chi connectivity index (χ3n) is 4.59. The summed E-state index contributed by atoms with van der Waals surface area (Å²) in [5, 5.41) is 14.5. The minimum absolute atomic E-state index is 0.0407. The third-order valence-corrected chi connectivity index (χ3v) is 4.59. The number of aromatic nitrogens is 2. The van der Waals surface area contributed by atoms with Gasteiger partial charge in [0.05, 0.1) is 5.69 Å². The van der Waals surface area contributed by atoms with Gasteiger partial charge in [-0.15, -0.1) is 0 Å². The second-order valence-electron chi connectivity index (χ2n) is 6.86. The zero-order valence-corrected chi connectivity index (χ0v) is 16.5. The van der Waals surface area contributed by atoms with E-state index in [4.69, 9.17) is 10.8 Å². The fourth-order valence-corrected chi connectivity index (χ4v) is 3.08. The van der Waals surface area contributed by atoms with Crippen molar-refractivity contribution < 1.29 is 14.7 Å². The largest absolute Gasteiger partial charge is 0.397 e. The quantitative estimate of drug-likeness (QED) is 0.458. The Morgan fingerprint density at radius 2 is 1.62 bits per heavy atom. The second-order valence-corrected chi connectivity index (χ2v) is 6.86. The number of nitrogens with two attached hydrogens (primary N) is 1. The number of nitrogens with one attached hydrogen (secondary N) is 2. The number of rotatable bonds is 7. The van der Waals surface area contributed by atoms with Crippen LogP contribution in [0.15, 0.2) is 48.8 Å². The van der Waals surface area contributed by atoms with Crippen molar-refractivity contribution in [2.75, 3.05) is 24.2 Å². The fraction of sp³-hybridized carbons (Fsp3) is 0.238. The number of benzene rings is 1. The molecule has 2 amide bonds. The van der Waals surface area contributed by atoms with Gasteiger partial charge in [-0.1, -0.05) is 12.1 Å². The Kier molecular flexibility index (Phi) is 6.04. The molecule has 0 saturated heterocycles. The van der Waals surface area contributed by atoms with E-state index in [0.717, 1.165) is 11.1 Å². The van der Waals surface area contributed by atoms with Crippen LogP contribution in [-0.2, 0) is 14.1 Å². The summed E-state index contributed by atoms with van der Waals surface area (Å²) < 4.78 is 3.44. The van der Waals surface area contributed by atoms with Crippen molar-refractivity contribution in [3.63, 3.8) is 0 Å². The Morgan fingerprint density at radius 1 is 0.966 bits per heavy atom. The fourth-order valence-electron chi connectivity index (χ4n) is 3.08.